The first-order valence-electron chi connectivity index (χ1n) is 10.3. The Bertz CT molecular complexity index is 750. The minimum atomic E-state index is -0.435. The number of benzene rings is 2. The third kappa shape index (κ3) is 7.94. The fourth-order valence-corrected chi connectivity index (χ4v) is 4.06. The Kier molecular flexibility index (Phi) is 9.78. The highest BCUT2D eigenvalue weighted by atomic mass is 32.2. The Labute approximate surface area is 179 Å². The van der Waals surface area contributed by atoms with Crippen molar-refractivity contribution in [2.45, 2.75) is 57.0 Å². The number of nitrogens with zero attached hydrogens (tertiary/aromatic N) is 1. The Morgan fingerprint density at radius 3 is 2.21 bits per heavy atom. The molecule has 1 atom stereocenters. The number of nitrogens with one attached hydrogen (secondary N) is 1. The zero-order valence-corrected chi connectivity index (χ0v) is 18.5. The standard InChI is InChI=1S/C24H32N2O2S/c1-4-22(24(28)25-19(2)3)26(17-15-20-11-7-5-8-12-20)23(27)16-18-29-21-13-9-6-10-14-21/h5-14,19,22H,4,15-18H2,1-3H3,(H,25,28)/t22-/m1/s1. The first-order valence-corrected chi connectivity index (χ1v) is 11.3. The molecule has 0 saturated heterocycles. The number of carbonyl (C=O) groups is 2. The van der Waals surface area contributed by atoms with Crippen molar-refractivity contribution < 1.29 is 9.59 Å². The van der Waals surface area contributed by atoms with E-state index in [1.807, 2.05) is 69.3 Å². The van der Waals surface area contributed by atoms with Crippen LogP contribution in [-0.4, -0.2) is 41.1 Å². The molecule has 5 heteroatoms. The normalized spacial score (nSPS) is 11.9. The monoisotopic (exact) mass is 412 g/mol. The quantitative estimate of drug-likeness (QED) is 0.551. The summed E-state index contributed by atoms with van der Waals surface area (Å²) in [6, 6.07) is 19.8. The van der Waals surface area contributed by atoms with Crippen LogP contribution in [0.3, 0.4) is 0 Å². The van der Waals surface area contributed by atoms with Crippen molar-refractivity contribution in [3.05, 3.63) is 66.2 Å². The summed E-state index contributed by atoms with van der Waals surface area (Å²) < 4.78 is 0. The van der Waals surface area contributed by atoms with Gasteiger partial charge in [0, 0.05) is 29.7 Å². The zero-order chi connectivity index (χ0) is 21.1. The lowest BCUT2D eigenvalue weighted by Gasteiger charge is -2.31. The molecule has 0 unspecified atom stereocenters. The molecule has 0 aliphatic carbocycles. The van der Waals surface area contributed by atoms with Gasteiger partial charge >= 0.3 is 0 Å². The first-order chi connectivity index (χ1) is 14.0. The molecule has 0 fully saturated rings. The van der Waals surface area contributed by atoms with Gasteiger partial charge in [0.2, 0.25) is 11.8 Å². The maximum Gasteiger partial charge on any atom is 0.242 e. The minimum absolute atomic E-state index is 0.0371. The summed E-state index contributed by atoms with van der Waals surface area (Å²) in [5.41, 5.74) is 1.17. The van der Waals surface area contributed by atoms with E-state index in [-0.39, 0.29) is 17.9 Å². The summed E-state index contributed by atoms with van der Waals surface area (Å²) in [5, 5.41) is 2.97. The van der Waals surface area contributed by atoms with Gasteiger partial charge in [0.25, 0.3) is 0 Å². The lowest BCUT2D eigenvalue weighted by molar-refractivity contribution is -0.140. The van der Waals surface area contributed by atoms with Crippen LogP contribution in [0.25, 0.3) is 0 Å². The molecule has 0 aromatic heterocycles. The van der Waals surface area contributed by atoms with E-state index in [0.29, 0.717) is 25.1 Å². The van der Waals surface area contributed by atoms with Gasteiger partial charge in [0.1, 0.15) is 6.04 Å². The van der Waals surface area contributed by atoms with Crippen LogP contribution < -0.4 is 5.32 Å². The number of hydrogen-bond acceptors (Lipinski definition) is 3. The molecule has 0 radical (unpaired) electrons. The minimum Gasteiger partial charge on any atom is -0.352 e. The van der Waals surface area contributed by atoms with Crippen molar-refractivity contribution in [3.8, 4) is 0 Å². The summed E-state index contributed by atoms with van der Waals surface area (Å²) in [6.45, 7) is 6.39. The summed E-state index contributed by atoms with van der Waals surface area (Å²) in [7, 11) is 0. The molecular weight excluding hydrogens is 380 g/mol. The number of amides is 2. The van der Waals surface area contributed by atoms with E-state index < -0.39 is 6.04 Å². The topological polar surface area (TPSA) is 49.4 Å². The van der Waals surface area contributed by atoms with Crippen molar-refractivity contribution in [1.82, 2.24) is 10.2 Å². The van der Waals surface area contributed by atoms with Crippen LogP contribution in [0, 0.1) is 0 Å². The Morgan fingerprint density at radius 1 is 1.00 bits per heavy atom. The van der Waals surface area contributed by atoms with E-state index in [4.69, 9.17) is 0 Å². The second kappa shape index (κ2) is 12.3. The molecule has 29 heavy (non-hydrogen) atoms. The summed E-state index contributed by atoms with van der Waals surface area (Å²) in [5.74, 6) is 0.669. The summed E-state index contributed by atoms with van der Waals surface area (Å²) in [4.78, 5) is 28.7. The molecular formula is C24H32N2O2S. The Balaban J connectivity index is 2.04. The second-order valence-electron chi connectivity index (χ2n) is 7.32. The van der Waals surface area contributed by atoms with Gasteiger partial charge in [-0.25, -0.2) is 0 Å². The molecule has 2 aromatic rings. The average molecular weight is 413 g/mol. The number of carbonyl (C=O) groups excluding carboxylic acids is 2. The predicted octanol–water partition coefficient (Wildman–Crippen LogP) is 4.54. The van der Waals surface area contributed by atoms with Crippen LogP contribution in [0.1, 0.15) is 39.2 Å². The summed E-state index contributed by atoms with van der Waals surface area (Å²) >= 11 is 1.67. The van der Waals surface area contributed by atoms with E-state index in [0.717, 1.165) is 11.3 Å². The molecule has 156 valence electrons. The molecule has 0 heterocycles. The van der Waals surface area contributed by atoms with E-state index in [2.05, 4.69) is 17.4 Å². The average Bonchev–Trinajstić information content (AvgIpc) is 2.72. The molecule has 4 nitrogen and oxygen atoms in total. The van der Waals surface area contributed by atoms with E-state index in [1.54, 1.807) is 16.7 Å². The highest BCUT2D eigenvalue weighted by Gasteiger charge is 2.28. The van der Waals surface area contributed by atoms with Crippen molar-refractivity contribution in [1.29, 1.82) is 0 Å². The van der Waals surface area contributed by atoms with Crippen LogP contribution in [-0.2, 0) is 16.0 Å². The molecule has 2 aromatic carbocycles. The maximum absolute atomic E-state index is 13.1. The fraction of sp³-hybridized carbons (Fsp3) is 0.417. The van der Waals surface area contributed by atoms with Crippen molar-refractivity contribution >= 4 is 23.6 Å². The molecule has 0 aliphatic rings. The Hall–Kier alpha value is -2.27. The summed E-state index contributed by atoms with van der Waals surface area (Å²) in [6.07, 6.45) is 1.76. The van der Waals surface area contributed by atoms with Crippen LogP contribution in [0.2, 0.25) is 0 Å². The maximum atomic E-state index is 13.1. The van der Waals surface area contributed by atoms with Gasteiger partial charge in [-0.1, -0.05) is 55.5 Å². The number of hydrogen-bond donors (Lipinski definition) is 1. The molecule has 2 amide bonds. The van der Waals surface area contributed by atoms with E-state index in [9.17, 15) is 9.59 Å². The SMILES string of the molecule is CC[C@H](C(=O)NC(C)C)N(CCc1ccccc1)C(=O)CCSc1ccccc1. The van der Waals surface area contributed by atoms with Crippen LogP contribution in [0.4, 0.5) is 0 Å². The van der Waals surface area contributed by atoms with Gasteiger partial charge in [0.15, 0.2) is 0 Å². The lowest BCUT2D eigenvalue weighted by Crippen LogP contribution is -2.51. The highest BCUT2D eigenvalue weighted by molar-refractivity contribution is 7.99. The van der Waals surface area contributed by atoms with Gasteiger partial charge < -0.3 is 10.2 Å². The third-order valence-corrected chi connectivity index (χ3v) is 5.64. The largest absolute Gasteiger partial charge is 0.352 e. The van der Waals surface area contributed by atoms with Crippen molar-refractivity contribution in [2.24, 2.45) is 0 Å². The third-order valence-electron chi connectivity index (χ3n) is 4.63. The van der Waals surface area contributed by atoms with Gasteiger partial charge in [-0.2, -0.15) is 0 Å². The van der Waals surface area contributed by atoms with Gasteiger partial charge in [-0.3, -0.25) is 9.59 Å². The number of rotatable bonds is 11. The van der Waals surface area contributed by atoms with E-state index >= 15 is 0 Å². The fourth-order valence-electron chi connectivity index (χ4n) is 3.19. The first kappa shape index (κ1) is 23.0. The van der Waals surface area contributed by atoms with Gasteiger partial charge in [-0.05, 0) is 44.4 Å². The van der Waals surface area contributed by atoms with E-state index in [1.165, 1.54) is 5.56 Å². The Morgan fingerprint density at radius 2 is 1.62 bits per heavy atom. The molecule has 0 aliphatic heterocycles. The molecule has 0 bridgehead atoms. The molecule has 2 rings (SSSR count). The molecule has 1 N–H and O–H groups in total. The van der Waals surface area contributed by atoms with Gasteiger partial charge in [-0.15, -0.1) is 11.8 Å². The van der Waals surface area contributed by atoms with Crippen LogP contribution in [0.15, 0.2) is 65.6 Å². The lowest BCUT2D eigenvalue weighted by atomic mass is 10.1. The van der Waals surface area contributed by atoms with Crippen LogP contribution in [0.5, 0.6) is 0 Å². The molecule has 0 saturated carbocycles. The smallest absolute Gasteiger partial charge is 0.242 e. The zero-order valence-electron chi connectivity index (χ0n) is 17.6. The van der Waals surface area contributed by atoms with Gasteiger partial charge in [0.05, 0.1) is 0 Å². The van der Waals surface area contributed by atoms with Crippen LogP contribution >= 0.6 is 11.8 Å². The van der Waals surface area contributed by atoms with Crippen molar-refractivity contribution in [2.75, 3.05) is 12.3 Å². The van der Waals surface area contributed by atoms with Crippen molar-refractivity contribution in [3.63, 3.8) is 0 Å². The second-order valence-corrected chi connectivity index (χ2v) is 8.49. The molecule has 0 spiro atoms. The predicted molar refractivity (Wildman–Crippen MR) is 121 cm³/mol. The number of thioether (sulfide) groups is 1. The highest BCUT2D eigenvalue weighted by Crippen LogP contribution is 2.19.